The topological polar surface area (TPSA) is 63.3 Å². The molecule has 3 nitrogen and oxygen atoms in total. The van der Waals surface area contributed by atoms with Crippen LogP contribution >= 0.6 is 0 Å². The summed E-state index contributed by atoms with van der Waals surface area (Å²) in [5.41, 5.74) is 6.82. The van der Waals surface area contributed by atoms with Gasteiger partial charge in [-0.15, -0.1) is 0 Å². The minimum absolute atomic E-state index is 0.319. The normalized spacial score (nSPS) is 12.4. The van der Waals surface area contributed by atoms with Crippen molar-refractivity contribution in [3.8, 4) is 0 Å². The van der Waals surface area contributed by atoms with Gasteiger partial charge in [0.15, 0.2) is 0 Å². The van der Waals surface area contributed by atoms with Crippen molar-refractivity contribution < 1.29 is 9.90 Å². The third-order valence-electron chi connectivity index (χ3n) is 2.30. The predicted molar refractivity (Wildman–Crippen MR) is 55.5 cm³/mol. The number of nitrogens with two attached hydrogens (primary N) is 1. The molecule has 0 saturated carbocycles. The fraction of sp³-hybridized carbons (Fsp3) is 0.364. The van der Waals surface area contributed by atoms with Crippen LogP contribution in [0.15, 0.2) is 24.3 Å². The van der Waals surface area contributed by atoms with Gasteiger partial charge in [0.05, 0.1) is 5.56 Å². The number of benzene rings is 1. The lowest BCUT2D eigenvalue weighted by atomic mass is 9.96. The summed E-state index contributed by atoms with van der Waals surface area (Å²) in [6, 6.07) is 7.02. The van der Waals surface area contributed by atoms with Gasteiger partial charge in [0.25, 0.3) is 0 Å². The van der Waals surface area contributed by atoms with Crippen LogP contribution in [0, 0.1) is 0 Å². The highest BCUT2D eigenvalue weighted by Gasteiger charge is 2.07. The zero-order valence-electron chi connectivity index (χ0n) is 8.23. The van der Waals surface area contributed by atoms with Gasteiger partial charge in [-0.25, -0.2) is 4.79 Å². The van der Waals surface area contributed by atoms with Crippen LogP contribution in [0.1, 0.15) is 35.2 Å². The van der Waals surface area contributed by atoms with Gasteiger partial charge < -0.3 is 10.8 Å². The summed E-state index contributed by atoms with van der Waals surface area (Å²) in [6.45, 7) is 2.67. The lowest BCUT2D eigenvalue weighted by molar-refractivity contribution is 0.0697. The zero-order chi connectivity index (χ0) is 10.6. The summed E-state index contributed by atoms with van der Waals surface area (Å²) in [7, 11) is 0. The molecule has 0 heterocycles. The van der Waals surface area contributed by atoms with Crippen LogP contribution in [0.4, 0.5) is 0 Å². The monoisotopic (exact) mass is 193 g/mol. The second-order valence-electron chi connectivity index (χ2n) is 3.41. The minimum atomic E-state index is -0.883. The molecule has 3 heteroatoms. The molecule has 1 atom stereocenters. The Morgan fingerprint density at radius 1 is 1.57 bits per heavy atom. The van der Waals surface area contributed by atoms with Crippen LogP contribution in [-0.2, 0) is 0 Å². The van der Waals surface area contributed by atoms with Crippen molar-refractivity contribution in [3.63, 3.8) is 0 Å². The maximum absolute atomic E-state index is 10.7. The standard InChI is InChI=1S/C11H15NO2/c1-8(5-6-12)9-3-2-4-10(7-9)11(13)14/h2-4,7-8H,5-6,12H2,1H3,(H,13,14). The highest BCUT2D eigenvalue weighted by Crippen LogP contribution is 2.19. The molecule has 0 bridgehead atoms. The Balaban J connectivity index is 2.87. The van der Waals surface area contributed by atoms with E-state index in [0.717, 1.165) is 12.0 Å². The number of aromatic carboxylic acids is 1. The van der Waals surface area contributed by atoms with Gasteiger partial charge >= 0.3 is 5.97 Å². The second kappa shape index (κ2) is 4.77. The van der Waals surface area contributed by atoms with Crippen molar-refractivity contribution in [2.45, 2.75) is 19.3 Å². The van der Waals surface area contributed by atoms with Crippen molar-refractivity contribution in [2.75, 3.05) is 6.54 Å². The molecule has 0 saturated heterocycles. The Morgan fingerprint density at radius 2 is 2.29 bits per heavy atom. The lowest BCUT2D eigenvalue weighted by Crippen LogP contribution is -2.05. The number of carbonyl (C=O) groups is 1. The van der Waals surface area contributed by atoms with E-state index < -0.39 is 5.97 Å². The minimum Gasteiger partial charge on any atom is -0.478 e. The first-order chi connectivity index (χ1) is 6.65. The number of carboxylic acids is 1. The van der Waals surface area contributed by atoms with Crippen molar-refractivity contribution in [3.05, 3.63) is 35.4 Å². The van der Waals surface area contributed by atoms with E-state index in [1.807, 2.05) is 13.0 Å². The Labute approximate surface area is 83.6 Å². The van der Waals surface area contributed by atoms with Crippen LogP contribution < -0.4 is 5.73 Å². The Morgan fingerprint density at radius 3 is 2.86 bits per heavy atom. The number of hydrogen-bond donors (Lipinski definition) is 2. The van der Waals surface area contributed by atoms with E-state index in [-0.39, 0.29) is 0 Å². The Hall–Kier alpha value is -1.35. The fourth-order valence-electron chi connectivity index (χ4n) is 1.39. The third-order valence-corrected chi connectivity index (χ3v) is 2.30. The molecule has 0 fully saturated rings. The second-order valence-corrected chi connectivity index (χ2v) is 3.41. The molecule has 1 aromatic rings. The fourth-order valence-corrected chi connectivity index (χ4v) is 1.39. The van der Waals surface area contributed by atoms with Crippen LogP contribution in [0.5, 0.6) is 0 Å². The SMILES string of the molecule is CC(CCN)c1cccc(C(=O)O)c1. The summed E-state index contributed by atoms with van der Waals surface area (Å²) < 4.78 is 0. The van der Waals surface area contributed by atoms with Gasteiger partial charge in [-0.3, -0.25) is 0 Å². The van der Waals surface area contributed by atoms with E-state index in [9.17, 15) is 4.79 Å². The van der Waals surface area contributed by atoms with E-state index in [1.165, 1.54) is 0 Å². The molecule has 1 aromatic carbocycles. The van der Waals surface area contributed by atoms with E-state index in [0.29, 0.717) is 18.0 Å². The van der Waals surface area contributed by atoms with E-state index in [1.54, 1.807) is 18.2 Å². The maximum Gasteiger partial charge on any atom is 0.335 e. The van der Waals surface area contributed by atoms with Gasteiger partial charge in [0.2, 0.25) is 0 Å². The first kappa shape index (κ1) is 10.7. The van der Waals surface area contributed by atoms with E-state index in [4.69, 9.17) is 10.8 Å². The van der Waals surface area contributed by atoms with Gasteiger partial charge in [-0.1, -0.05) is 19.1 Å². The highest BCUT2D eigenvalue weighted by molar-refractivity contribution is 5.87. The van der Waals surface area contributed by atoms with Gasteiger partial charge in [0.1, 0.15) is 0 Å². The highest BCUT2D eigenvalue weighted by atomic mass is 16.4. The molecule has 3 N–H and O–H groups in total. The molecule has 14 heavy (non-hydrogen) atoms. The number of hydrogen-bond acceptors (Lipinski definition) is 2. The molecule has 0 aliphatic carbocycles. The molecular weight excluding hydrogens is 178 g/mol. The zero-order valence-corrected chi connectivity index (χ0v) is 8.23. The molecule has 0 radical (unpaired) electrons. The molecule has 0 amide bonds. The number of carboxylic acid groups (broad SMARTS) is 1. The van der Waals surface area contributed by atoms with E-state index in [2.05, 4.69) is 0 Å². The molecule has 0 aromatic heterocycles. The third kappa shape index (κ3) is 2.57. The van der Waals surface area contributed by atoms with Crippen LogP contribution in [-0.4, -0.2) is 17.6 Å². The van der Waals surface area contributed by atoms with Crippen molar-refractivity contribution in [1.82, 2.24) is 0 Å². The molecule has 0 spiro atoms. The Kier molecular flexibility index (Phi) is 3.65. The van der Waals surface area contributed by atoms with Crippen molar-refractivity contribution in [2.24, 2.45) is 5.73 Å². The van der Waals surface area contributed by atoms with E-state index >= 15 is 0 Å². The average Bonchev–Trinajstić information content (AvgIpc) is 2.18. The quantitative estimate of drug-likeness (QED) is 0.766. The molecule has 1 unspecified atom stereocenters. The smallest absolute Gasteiger partial charge is 0.335 e. The van der Waals surface area contributed by atoms with Crippen molar-refractivity contribution >= 4 is 5.97 Å². The Bertz CT molecular complexity index is 323. The maximum atomic E-state index is 10.7. The van der Waals surface area contributed by atoms with Crippen LogP contribution in [0.25, 0.3) is 0 Å². The van der Waals surface area contributed by atoms with Crippen LogP contribution in [0.2, 0.25) is 0 Å². The van der Waals surface area contributed by atoms with Gasteiger partial charge in [0, 0.05) is 0 Å². The summed E-state index contributed by atoms with van der Waals surface area (Å²) in [5.74, 6) is -0.564. The number of rotatable bonds is 4. The first-order valence-corrected chi connectivity index (χ1v) is 4.68. The predicted octanol–water partition coefficient (Wildman–Crippen LogP) is 1.84. The summed E-state index contributed by atoms with van der Waals surface area (Å²) >= 11 is 0. The van der Waals surface area contributed by atoms with Gasteiger partial charge in [-0.05, 0) is 36.6 Å². The molecule has 76 valence electrons. The molecular formula is C11H15NO2. The summed E-state index contributed by atoms with van der Waals surface area (Å²) in [6.07, 6.45) is 0.878. The van der Waals surface area contributed by atoms with Crippen molar-refractivity contribution in [1.29, 1.82) is 0 Å². The lowest BCUT2D eigenvalue weighted by Gasteiger charge is -2.10. The largest absolute Gasteiger partial charge is 0.478 e. The summed E-state index contributed by atoms with van der Waals surface area (Å²) in [5, 5.41) is 8.80. The molecule has 0 aliphatic rings. The first-order valence-electron chi connectivity index (χ1n) is 4.68. The van der Waals surface area contributed by atoms with Gasteiger partial charge in [-0.2, -0.15) is 0 Å². The average molecular weight is 193 g/mol. The molecule has 1 rings (SSSR count). The van der Waals surface area contributed by atoms with Crippen LogP contribution in [0.3, 0.4) is 0 Å². The summed E-state index contributed by atoms with van der Waals surface area (Å²) in [4.78, 5) is 10.7. The molecule has 0 aliphatic heterocycles.